The summed E-state index contributed by atoms with van der Waals surface area (Å²) in [6, 6.07) is 149. The van der Waals surface area contributed by atoms with E-state index in [9.17, 15) is 0 Å². The Hall–Kier alpha value is -13.8. The van der Waals surface area contributed by atoms with Crippen LogP contribution in [-0.2, 0) is 0 Å². The van der Waals surface area contributed by atoms with Crippen LogP contribution in [0, 0.1) is 0 Å². The Morgan fingerprint density at radius 3 is 0.974 bits per heavy atom. The van der Waals surface area contributed by atoms with Crippen molar-refractivity contribution >= 4 is 108 Å². The lowest BCUT2D eigenvalue weighted by atomic mass is 9.92. The third-order valence-corrected chi connectivity index (χ3v) is 27.4. The number of para-hydroxylation sites is 2. The number of hydrogen-bond acceptors (Lipinski definition) is 3. The predicted molar refractivity (Wildman–Crippen MR) is 492 cm³/mol. The van der Waals surface area contributed by atoms with Crippen molar-refractivity contribution < 1.29 is 0 Å². The molecular formula is C110H67NS3. The molecule has 0 fully saturated rings. The SMILES string of the molecule is c1ccc(-c2cccc(-c3sc4c5c(cc6ccccc64)-c4ccccc4-c4ccccc4-c35)c2)cc1.c1ccc(-c2sc3c4c(cc5ccccc53)-c3ccccc3-c3ccccc3-c24)cc1.c1ccc2c(c1)-c1ccccc1-c1c(-c3ccc(-c4ccc(-n5c6ccccc6c6ccccc65)cc4)cc3)sc3cccc-2c13. The van der Waals surface area contributed by atoms with E-state index in [2.05, 4.69) is 411 Å². The van der Waals surface area contributed by atoms with E-state index in [1.165, 1.54) is 233 Å². The first kappa shape index (κ1) is 66.0. The minimum Gasteiger partial charge on any atom is -0.309 e. The lowest BCUT2D eigenvalue weighted by Gasteiger charge is -2.12. The van der Waals surface area contributed by atoms with Crippen LogP contribution in [-0.4, -0.2) is 4.57 Å². The van der Waals surface area contributed by atoms with Gasteiger partial charge in [-0.05, 0) is 192 Å². The largest absolute Gasteiger partial charge is 0.309 e. The van der Waals surface area contributed by atoms with Gasteiger partial charge in [-0.2, -0.15) is 0 Å². The third kappa shape index (κ3) is 10.6. The fraction of sp³-hybridized carbons (Fsp3) is 0. The summed E-state index contributed by atoms with van der Waals surface area (Å²) >= 11 is 5.77. The third-order valence-electron chi connectivity index (χ3n) is 23.6. The van der Waals surface area contributed by atoms with Crippen LogP contribution in [0.5, 0.6) is 0 Å². The van der Waals surface area contributed by atoms with Gasteiger partial charge in [-0.25, -0.2) is 0 Å². The summed E-state index contributed by atoms with van der Waals surface area (Å²) in [6.45, 7) is 0. The van der Waals surface area contributed by atoms with Gasteiger partial charge in [0.1, 0.15) is 0 Å². The maximum atomic E-state index is 2.41. The number of hydrogen-bond donors (Lipinski definition) is 0. The van der Waals surface area contributed by atoms with Crippen LogP contribution < -0.4 is 0 Å². The molecule has 0 saturated carbocycles. The molecule has 0 amide bonds. The first-order chi connectivity index (χ1) is 56.6. The fourth-order valence-corrected chi connectivity index (χ4v) is 22.6. The zero-order chi connectivity index (χ0) is 74.9. The summed E-state index contributed by atoms with van der Waals surface area (Å²) in [5.74, 6) is 0. The van der Waals surface area contributed by atoms with E-state index < -0.39 is 0 Å². The molecular weight excluding hydrogens is 1430 g/mol. The van der Waals surface area contributed by atoms with Gasteiger partial charge in [0.2, 0.25) is 0 Å². The molecule has 0 atom stereocenters. The Labute approximate surface area is 672 Å². The molecule has 4 heterocycles. The van der Waals surface area contributed by atoms with Crippen LogP contribution in [0.2, 0.25) is 0 Å². The van der Waals surface area contributed by atoms with E-state index in [1.807, 2.05) is 34.0 Å². The van der Waals surface area contributed by atoms with Crippen LogP contribution in [0.15, 0.2) is 406 Å². The van der Waals surface area contributed by atoms with Crippen molar-refractivity contribution in [1.29, 1.82) is 0 Å². The number of benzene rings is 18. The van der Waals surface area contributed by atoms with Crippen molar-refractivity contribution in [3.8, 4) is 159 Å². The van der Waals surface area contributed by atoms with E-state index in [0.29, 0.717) is 0 Å². The molecule has 0 unspecified atom stereocenters. The second kappa shape index (κ2) is 27.0. The number of aromatic nitrogens is 1. The summed E-state index contributed by atoms with van der Waals surface area (Å²) in [5.41, 5.74) is 36.2. The van der Waals surface area contributed by atoms with Gasteiger partial charge in [-0.1, -0.05) is 358 Å². The van der Waals surface area contributed by atoms with E-state index >= 15 is 0 Å². The Balaban J connectivity index is 0.000000103. The summed E-state index contributed by atoms with van der Waals surface area (Å²) in [5, 5.41) is 12.0. The molecule has 0 saturated heterocycles. The van der Waals surface area contributed by atoms with Gasteiger partial charge >= 0.3 is 0 Å². The molecule has 0 bridgehead atoms. The summed E-state index contributed by atoms with van der Waals surface area (Å²) in [7, 11) is 0. The van der Waals surface area contributed by atoms with Crippen molar-refractivity contribution in [1.82, 2.24) is 4.57 Å². The first-order valence-electron chi connectivity index (χ1n) is 39.1. The zero-order valence-electron chi connectivity index (χ0n) is 61.9. The van der Waals surface area contributed by atoms with E-state index in [1.54, 1.807) is 0 Å². The number of fused-ring (bicyclic) bond motifs is 22. The lowest BCUT2D eigenvalue weighted by molar-refractivity contribution is 1.18. The minimum atomic E-state index is 1.17. The van der Waals surface area contributed by atoms with Crippen LogP contribution in [0.4, 0.5) is 0 Å². The van der Waals surface area contributed by atoms with Crippen LogP contribution in [0.25, 0.3) is 233 Å². The van der Waals surface area contributed by atoms with E-state index in [-0.39, 0.29) is 0 Å². The average molecular weight is 1500 g/mol. The van der Waals surface area contributed by atoms with Crippen molar-refractivity contribution in [2.45, 2.75) is 0 Å². The molecule has 530 valence electrons. The Morgan fingerprint density at radius 2 is 0.482 bits per heavy atom. The second-order valence-corrected chi connectivity index (χ2v) is 33.0. The molecule has 18 aromatic carbocycles. The first-order valence-corrected chi connectivity index (χ1v) is 41.6. The van der Waals surface area contributed by atoms with Crippen LogP contribution in [0.3, 0.4) is 0 Å². The molecule has 0 radical (unpaired) electrons. The molecule has 1 nitrogen and oxygen atoms in total. The monoisotopic (exact) mass is 1500 g/mol. The Morgan fingerprint density at radius 1 is 0.175 bits per heavy atom. The van der Waals surface area contributed by atoms with Gasteiger partial charge in [0.15, 0.2) is 0 Å². The standard InChI is InChI=1S/C44H27NS.C36H22S.C30H18S/c1-2-11-33-32(10-1)34-12-3-4-15-38(34)43-42-37(33)16-9-19-41(42)46-44(43)30-22-20-28(21-23-30)29-24-26-31(27-25-29)45-39-17-7-5-13-35(39)36-14-6-8-18-40(36)45;1-2-11-23(12-3-1)24-14-10-15-26(21-24)35-33-31-20-9-8-18-29(31)28-17-6-7-19-30(28)32-22-25-13-4-5-16-27(25)36(37-35)34(32)33;1-2-10-19(11-3-1)29-27-25-17-9-8-15-23(25)22-14-6-7-16-24(22)26-18-20-12-4-5-13-21(20)30(31-29)28(26)27/h1-27H;1-22H;1-18H. The molecule has 3 aliphatic carbocycles. The molecule has 4 heteroatoms. The van der Waals surface area contributed by atoms with Gasteiger partial charge in [-0.15, -0.1) is 34.0 Å². The highest BCUT2D eigenvalue weighted by atomic mass is 32.1. The van der Waals surface area contributed by atoms with Gasteiger partial charge in [0.25, 0.3) is 0 Å². The highest BCUT2D eigenvalue weighted by Gasteiger charge is 2.31. The number of rotatable bonds is 6. The molecule has 3 aliphatic rings. The maximum absolute atomic E-state index is 2.41. The molecule has 0 spiro atoms. The Kier molecular flexibility index (Phi) is 15.6. The molecule has 0 N–H and O–H groups in total. The van der Waals surface area contributed by atoms with E-state index in [4.69, 9.17) is 0 Å². The van der Waals surface area contributed by atoms with Gasteiger partial charge in [-0.3, -0.25) is 0 Å². The summed E-state index contributed by atoms with van der Waals surface area (Å²) in [6.07, 6.45) is 0. The topological polar surface area (TPSA) is 4.93 Å². The number of nitrogens with zero attached hydrogens (tertiary/aromatic N) is 1. The van der Waals surface area contributed by atoms with Crippen molar-refractivity contribution in [2.75, 3.05) is 0 Å². The fourth-order valence-electron chi connectivity index (χ4n) is 18.6. The smallest absolute Gasteiger partial charge is 0.0541 e. The second-order valence-electron chi connectivity index (χ2n) is 29.9. The highest BCUT2D eigenvalue weighted by Crippen LogP contribution is 2.60. The normalized spacial score (nSPS) is 11.9. The van der Waals surface area contributed by atoms with Crippen molar-refractivity contribution in [3.05, 3.63) is 406 Å². The van der Waals surface area contributed by atoms with Crippen molar-refractivity contribution in [3.63, 3.8) is 0 Å². The lowest BCUT2D eigenvalue weighted by Crippen LogP contribution is -1.93. The highest BCUT2D eigenvalue weighted by molar-refractivity contribution is 7.25. The van der Waals surface area contributed by atoms with Gasteiger partial charge in [0, 0.05) is 78.0 Å². The molecule has 114 heavy (non-hydrogen) atoms. The predicted octanol–water partition coefficient (Wildman–Crippen LogP) is 32.4. The van der Waals surface area contributed by atoms with Gasteiger partial charge < -0.3 is 4.57 Å². The minimum absolute atomic E-state index is 1.17. The van der Waals surface area contributed by atoms with E-state index in [0.717, 1.165) is 0 Å². The molecule has 22 aromatic rings. The van der Waals surface area contributed by atoms with Gasteiger partial charge in [0.05, 0.1) is 11.0 Å². The van der Waals surface area contributed by atoms with Crippen molar-refractivity contribution in [2.24, 2.45) is 0 Å². The molecule has 25 rings (SSSR count). The Bertz CT molecular complexity index is 7580. The average Bonchev–Trinajstić information content (AvgIpc) is 1.56. The zero-order valence-corrected chi connectivity index (χ0v) is 64.3. The molecule has 4 aromatic heterocycles. The quantitative estimate of drug-likeness (QED) is 0.156. The van der Waals surface area contributed by atoms with Crippen LogP contribution >= 0.6 is 34.0 Å². The van der Waals surface area contributed by atoms with Crippen LogP contribution in [0.1, 0.15) is 0 Å². The summed E-state index contributed by atoms with van der Waals surface area (Å²) < 4.78 is 6.46. The summed E-state index contributed by atoms with van der Waals surface area (Å²) in [4.78, 5) is 4.02. The molecule has 0 aliphatic heterocycles. The maximum Gasteiger partial charge on any atom is 0.0541 e. The number of thiophene rings is 3.